The standard InChI is InChI=1S/C35H37N3O5S2/c1-20(2)15-16-43-27-14-13-25(18-28(27)42-6)30-29(31(39)26-17-22(4)7-10-23(26)5)32(40)33(41)38(30)34-36-37-35(45-34)44-19-24-11-8-21(3)9-12-24/h7-14,17-18,20,30,39H,15-16,19H2,1-6H3. The van der Waals surface area contributed by atoms with Crippen LogP contribution in [0.3, 0.4) is 0 Å². The summed E-state index contributed by atoms with van der Waals surface area (Å²) in [7, 11) is 1.55. The van der Waals surface area contributed by atoms with E-state index < -0.39 is 17.7 Å². The van der Waals surface area contributed by atoms with E-state index in [1.165, 1.54) is 33.6 Å². The van der Waals surface area contributed by atoms with Crippen LogP contribution < -0.4 is 14.4 Å². The fourth-order valence-electron chi connectivity index (χ4n) is 5.05. The van der Waals surface area contributed by atoms with Crippen LogP contribution in [0.1, 0.15) is 59.7 Å². The zero-order valence-corrected chi connectivity index (χ0v) is 27.9. The molecule has 1 aliphatic heterocycles. The molecule has 1 N–H and O–H groups in total. The molecule has 1 atom stereocenters. The molecule has 1 fully saturated rings. The number of aryl methyl sites for hydroxylation is 3. The Morgan fingerprint density at radius 1 is 0.978 bits per heavy atom. The molecule has 0 spiro atoms. The Balaban J connectivity index is 1.57. The number of ether oxygens (including phenoxy) is 2. The number of thioether (sulfide) groups is 1. The van der Waals surface area contributed by atoms with Crippen molar-refractivity contribution in [1.29, 1.82) is 0 Å². The highest BCUT2D eigenvalue weighted by atomic mass is 32.2. The Kier molecular flexibility index (Phi) is 9.94. The topological polar surface area (TPSA) is 102 Å². The molecular weight excluding hydrogens is 607 g/mol. The van der Waals surface area contributed by atoms with E-state index >= 15 is 0 Å². The van der Waals surface area contributed by atoms with Crippen molar-refractivity contribution in [2.45, 2.75) is 57.2 Å². The summed E-state index contributed by atoms with van der Waals surface area (Å²) in [5.41, 5.74) is 5.05. The zero-order chi connectivity index (χ0) is 32.2. The van der Waals surface area contributed by atoms with Crippen LogP contribution in [0.25, 0.3) is 5.76 Å². The number of benzene rings is 3. The lowest BCUT2D eigenvalue weighted by Crippen LogP contribution is -2.29. The van der Waals surface area contributed by atoms with Crippen LogP contribution in [0.5, 0.6) is 11.5 Å². The Hall–Kier alpha value is -4.15. The van der Waals surface area contributed by atoms with E-state index in [4.69, 9.17) is 9.47 Å². The SMILES string of the molecule is COc1cc(C2C(=C(O)c3cc(C)ccc3C)C(=O)C(=O)N2c2nnc(SCc3ccc(C)cc3)s2)ccc1OCCC(C)C. The minimum absolute atomic E-state index is 0.0201. The molecule has 5 rings (SSSR count). The van der Waals surface area contributed by atoms with E-state index in [0.717, 1.165) is 23.1 Å². The van der Waals surface area contributed by atoms with E-state index in [2.05, 4.69) is 48.3 Å². The summed E-state index contributed by atoms with van der Waals surface area (Å²) in [4.78, 5) is 28.8. The third-order valence-electron chi connectivity index (χ3n) is 7.63. The number of hydrogen-bond donors (Lipinski definition) is 1. The molecule has 0 aliphatic carbocycles. The fraction of sp³-hybridized carbons (Fsp3) is 0.314. The number of nitrogens with zero attached hydrogens (tertiary/aromatic N) is 3. The van der Waals surface area contributed by atoms with Gasteiger partial charge in [0.1, 0.15) is 5.76 Å². The highest BCUT2D eigenvalue weighted by molar-refractivity contribution is 8.00. The number of aromatic nitrogens is 2. The Labute approximate surface area is 272 Å². The van der Waals surface area contributed by atoms with Gasteiger partial charge in [0.15, 0.2) is 15.8 Å². The van der Waals surface area contributed by atoms with Crippen LogP contribution in [0.4, 0.5) is 5.13 Å². The number of aliphatic hydroxyl groups excluding tert-OH is 1. The fourth-order valence-corrected chi connectivity index (χ4v) is 6.87. The second-order valence-corrected chi connectivity index (χ2v) is 13.7. The second kappa shape index (κ2) is 13.9. The quantitative estimate of drug-likeness (QED) is 0.0581. The molecule has 234 valence electrons. The Bertz CT molecular complexity index is 1750. The lowest BCUT2D eigenvalue weighted by Gasteiger charge is -2.24. The first-order valence-electron chi connectivity index (χ1n) is 14.8. The number of carbonyl (C=O) groups excluding carboxylic acids is 2. The van der Waals surface area contributed by atoms with Crippen molar-refractivity contribution in [2.75, 3.05) is 18.6 Å². The van der Waals surface area contributed by atoms with Crippen LogP contribution in [-0.2, 0) is 15.3 Å². The molecule has 1 aliphatic rings. The predicted octanol–water partition coefficient (Wildman–Crippen LogP) is 7.82. The highest BCUT2D eigenvalue weighted by Crippen LogP contribution is 2.46. The summed E-state index contributed by atoms with van der Waals surface area (Å²) >= 11 is 2.74. The van der Waals surface area contributed by atoms with Crippen molar-refractivity contribution in [1.82, 2.24) is 10.2 Å². The molecule has 0 radical (unpaired) electrons. The number of ketones is 1. The maximum atomic E-state index is 13.7. The van der Waals surface area contributed by atoms with Crippen molar-refractivity contribution in [3.05, 3.63) is 99.6 Å². The second-order valence-electron chi connectivity index (χ2n) is 11.6. The number of hydrogen-bond acceptors (Lipinski definition) is 9. The summed E-state index contributed by atoms with van der Waals surface area (Å²) < 4.78 is 12.3. The maximum Gasteiger partial charge on any atom is 0.301 e. The first-order chi connectivity index (χ1) is 21.6. The molecule has 1 unspecified atom stereocenters. The van der Waals surface area contributed by atoms with Gasteiger partial charge in [-0.2, -0.15) is 0 Å². The average Bonchev–Trinajstić information content (AvgIpc) is 3.59. The summed E-state index contributed by atoms with van der Waals surface area (Å²) in [5.74, 6) is 0.357. The van der Waals surface area contributed by atoms with Crippen molar-refractivity contribution in [2.24, 2.45) is 5.92 Å². The van der Waals surface area contributed by atoms with Gasteiger partial charge in [0.2, 0.25) is 5.13 Å². The molecule has 8 nitrogen and oxygen atoms in total. The van der Waals surface area contributed by atoms with Crippen LogP contribution >= 0.6 is 23.1 Å². The molecule has 0 bridgehead atoms. The third-order valence-corrected chi connectivity index (χ3v) is 9.76. The van der Waals surface area contributed by atoms with Gasteiger partial charge in [-0.05, 0) is 68.0 Å². The van der Waals surface area contributed by atoms with Crippen LogP contribution in [0.2, 0.25) is 0 Å². The molecule has 3 aromatic carbocycles. The number of aliphatic hydroxyl groups is 1. The van der Waals surface area contributed by atoms with Gasteiger partial charge in [-0.3, -0.25) is 14.5 Å². The molecule has 2 heterocycles. The van der Waals surface area contributed by atoms with E-state index in [-0.39, 0.29) is 16.5 Å². The van der Waals surface area contributed by atoms with E-state index in [9.17, 15) is 14.7 Å². The van der Waals surface area contributed by atoms with Crippen molar-refractivity contribution in [3.8, 4) is 11.5 Å². The van der Waals surface area contributed by atoms with Gasteiger partial charge in [0.05, 0.1) is 25.3 Å². The van der Waals surface area contributed by atoms with Crippen LogP contribution in [-0.4, -0.2) is 40.7 Å². The third kappa shape index (κ3) is 7.07. The predicted molar refractivity (Wildman–Crippen MR) is 179 cm³/mol. The van der Waals surface area contributed by atoms with Gasteiger partial charge >= 0.3 is 5.91 Å². The van der Waals surface area contributed by atoms with Crippen molar-refractivity contribution >= 4 is 45.7 Å². The summed E-state index contributed by atoms with van der Waals surface area (Å²) in [5, 5.41) is 20.6. The Morgan fingerprint density at radius 3 is 2.42 bits per heavy atom. The number of methoxy groups -OCH3 is 1. The summed E-state index contributed by atoms with van der Waals surface area (Å²) in [6.45, 7) is 10.6. The smallest absolute Gasteiger partial charge is 0.301 e. The molecule has 45 heavy (non-hydrogen) atoms. The molecule has 1 aromatic heterocycles. The molecule has 4 aromatic rings. The first kappa shape index (κ1) is 32.2. The summed E-state index contributed by atoms with van der Waals surface area (Å²) in [6.07, 6.45) is 0.877. The lowest BCUT2D eigenvalue weighted by molar-refractivity contribution is -0.132. The van der Waals surface area contributed by atoms with Gasteiger partial charge in [-0.1, -0.05) is 90.5 Å². The average molecular weight is 644 g/mol. The highest BCUT2D eigenvalue weighted by Gasteiger charge is 2.48. The number of carbonyl (C=O) groups is 2. The molecule has 0 saturated carbocycles. The van der Waals surface area contributed by atoms with Gasteiger partial charge in [-0.25, -0.2) is 0 Å². The first-order valence-corrected chi connectivity index (χ1v) is 16.6. The largest absolute Gasteiger partial charge is 0.507 e. The number of Topliss-reactive ketones (excluding diaryl/α,β-unsaturated/α-hetero) is 1. The minimum Gasteiger partial charge on any atom is -0.507 e. The number of rotatable bonds is 11. The van der Waals surface area contributed by atoms with Crippen molar-refractivity contribution in [3.63, 3.8) is 0 Å². The number of anilines is 1. The van der Waals surface area contributed by atoms with Crippen LogP contribution in [0.15, 0.2) is 70.6 Å². The van der Waals surface area contributed by atoms with E-state index in [1.807, 2.05) is 39.0 Å². The molecule has 1 saturated heterocycles. The molecule has 1 amide bonds. The Morgan fingerprint density at radius 2 is 1.71 bits per heavy atom. The monoisotopic (exact) mass is 643 g/mol. The summed E-state index contributed by atoms with van der Waals surface area (Å²) in [6, 6.07) is 18.2. The van der Waals surface area contributed by atoms with E-state index in [0.29, 0.717) is 45.2 Å². The van der Waals surface area contributed by atoms with Gasteiger partial charge in [-0.15, -0.1) is 10.2 Å². The van der Waals surface area contributed by atoms with Gasteiger partial charge in [0.25, 0.3) is 5.78 Å². The number of amides is 1. The maximum absolute atomic E-state index is 13.7. The van der Waals surface area contributed by atoms with Gasteiger partial charge < -0.3 is 14.6 Å². The van der Waals surface area contributed by atoms with E-state index in [1.54, 1.807) is 25.3 Å². The lowest BCUT2D eigenvalue weighted by atomic mass is 9.93. The zero-order valence-electron chi connectivity index (χ0n) is 26.3. The van der Waals surface area contributed by atoms with Crippen molar-refractivity contribution < 1.29 is 24.2 Å². The van der Waals surface area contributed by atoms with Crippen LogP contribution in [0, 0.1) is 26.7 Å². The molecule has 10 heteroatoms. The normalized spacial score (nSPS) is 16.1. The molecular formula is C35H37N3O5S2. The minimum atomic E-state index is -0.966. The van der Waals surface area contributed by atoms with Gasteiger partial charge in [0, 0.05) is 11.3 Å².